The second-order valence-corrected chi connectivity index (χ2v) is 2.60. The summed E-state index contributed by atoms with van der Waals surface area (Å²) >= 11 is 0. The maximum Gasteiger partial charge on any atom is 0.506 e. The zero-order valence-corrected chi connectivity index (χ0v) is 6.13. The molecule has 0 aliphatic carbocycles. The molecule has 0 radical (unpaired) electrons. The molecule has 0 fully saturated rings. The van der Waals surface area contributed by atoms with E-state index >= 15 is 0 Å². The molecular formula is C6H12O4. The molecule has 0 aromatic rings. The third-order valence-electron chi connectivity index (χ3n) is 1.08. The van der Waals surface area contributed by atoms with Crippen LogP contribution in [0.3, 0.4) is 0 Å². The van der Waals surface area contributed by atoms with Crippen molar-refractivity contribution in [2.45, 2.75) is 25.9 Å². The van der Waals surface area contributed by atoms with Crippen LogP contribution in [0.2, 0.25) is 0 Å². The van der Waals surface area contributed by atoms with Gasteiger partial charge in [-0.15, -0.1) is 0 Å². The van der Waals surface area contributed by atoms with E-state index in [0.717, 1.165) is 0 Å². The molecule has 60 valence electrons. The van der Waals surface area contributed by atoms with Gasteiger partial charge in [-0.1, -0.05) is 0 Å². The first-order valence-corrected chi connectivity index (χ1v) is 3.01. The number of carbonyl (C=O) groups is 1. The van der Waals surface area contributed by atoms with Crippen molar-refractivity contribution in [1.82, 2.24) is 0 Å². The van der Waals surface area contributed by atoms with Crippen LogP contribution in [0.15, 0.2) is 0 Å². The largest absolute Gasteiger partial charge is 0.506 e. The van der Waals surface area contributed by atoms with Crippen LogP contribution >= 0.6 is 0 Å². The quantitative estimate of drug-likeness (QED) is 0.582. The van der Waals surface area contributed by atoms with Crippen LogP contribution in [-0.4, -0.2) is 28.6 Å². The van der Waals surface area contributed by atoms with E-state index in [0.29, 0.717) is 6.42 Å². The molecule has 0 unspecified atom stereocenters. The second kappa shape index (κ2) is 3.41. The standard InChI is InChI=1S/C6H12O4/c1-6(2,3-4-7)10-5(8)9/h7H,3-4H2,1-2H3,(H,8,9). The normalized spacial score (nSPS) is 11.1. The van der Waals surface area contributed by atoms with Gasteiger partial charge in [0, 0.05) is 13.0 Å². The number of aliphatic hydroxyl groups is 1. The Hall–Kier alpha value is -0.770. The lowest BCUT2D eigenvalue weighted by Gasteiger charge is -2.21. The van der Waals surface area contributed by atoms with Gasteiger partial charge in [-0.05, 0) is 13.8 Å². The van der Waals surface area contributed by atoms with Crippen LogP contribution in [0.5, 0.6) is 0 Å². The van der Waals surface area contributed by atoms with Gasteiger partial charge in [0.15, 0.2) is 0 Å². The lowest BCUT2D eigenvalue weighted by molar-refractivity contribution is -0.00904. The van der Waals surface area contributed by atoms with Gasteiger partial charge in [0.05, 0.1) is 0 Å². The Morgan fingerprint density at radius 3 is 2.40 bits per heavy atom. The summed E-state index contributed by atoms with van der Waals surface area (Å²) in [5.41, 5.74) is -0.777. The molecule has 0 aliphatic heterocycles. The summed E-state index contributed by atoms with van der Waals surface area (Å²) < 4.78 is 4.43. The van der Waals surface area contributed by atoms with Gasteiger partial charge in [0.25, 0.3) is 0 Å². The first-order valence-electron chi connectivity index (χ1n) is 3.01. The Labute approximate surface area is 59.4 Å². The molecule has 0 saturated heterocycles. The molecule has 4 heteroatoms. The van der Waals surface area contributed by atoms with Crippen molar-refractivity contribution in [2.75, 3.05) is 6.61 Å². The molecule has 0 aliphatic rings. The van der Waals surface area contributed by atoms with Crippen LogP contribution in [0.4, 0.5) is 4.79 Å². The van der Waals surface area contributed by atoms with Gasteiger partial charge >= 0.3 is 6.16 Å². The number of hydrogen-bond donors (Lipinski definition) is 2. The predicted molar refractivity (Wildman–Crippen MR) is 34.9 cm³/mol. The van der Waals surface area contributed by atoms with Crippen LogP contribution in [-0.2, 0) is 4.74 Å². The van der Waals surface area contributed by atoms with Crippen molar-refractivity contribution < 1.29 is 19.7 Å². The van der Waals surface area contributed by atoms with E-state index in [1.54, 1.807) is 13.8 Å². The summed E-state index contributed by atoms with van der Waals surface area (Å²) in [5.74, 6) is 0. The SMILES string of the molecule is CC(C)(CCO)OC(=O)O. The molecule has 0 aromatic carbocycles. The Balaban J connectivity index is 3.74. The lowest BCUT2D eigenvalue weighted by Crippen LogP contribution is -2.28. The maximum absolute atomic E-state index is 9.99. The number of carboxylic acid groups (broad SMARTS) is 1. The summed E-state index contributed by atoms with van der Waals surface area (Å²) in [6, 6.07) is 0. The summed E-state index contributed by atoms with van der Waals surface area (Å²) in [6.45, 7) is 3.15. The number of rotatable bonds is 3. The van der Waals surface area contributed by atoms with Gasteiger partial charge in [-0.2, -0.15) is 0 Å². The summed E-state index contributed by atoms with van der Waals surface area (Å²) in [6.07, 6.45) is -0.988. The average Bonchev–Trinajstić information content (AvgIpc) is 1.59. The molecule has 0 amide bonds. The number of aliphatic hydroxyl groups excluding tert-OH is 1. The van der Waals surface area contributed by atoms with E-state index in [1.807, 2.05) is 0 Å². The zero-order chi connectivity index (χ0) is 8.20. The average molecular weight is 148 g/mol. The smallest absolute Gasteiger partial charge is 0.450 e. The van der Waals surface area contributed by atoms with Crippen molar-refractivity contribution in [3.8, 4) is 0 Å². The first kappa shape index (κ1) is 9.23. The predicted octanol–water partition coefficient (Wildman–Crippen LogP) is 0.842. The minimum atomic E-state index is -1.31. The van der Waals surface area contributed by atoms with Gasteiger partial charge < -0.3 is 14.9 Å². The van der Waals surface area contributed by atoms with Crippen molar-refractivity contribution in [3.05, 3.63) is 0 Å². The third kappa shape index (κ3) is 4.14. The van der Waals surface area contributed by atoms with E-state index in [1.165, 1.54) is 0 Å². The molecule has 0 bridgehead atoms. The fraction of sp³-hybridized carbons (Fsp3) is 0.833. The lowest BCUT2D eigenvalue weighted by atomic mass is 10.1. The van der Waals surface area contributed by atoms with E-state index in [9.17, 15) is 4.79 Å². The zero-order valence-electron chi connectivity index (χ0n) is 6.13. The van der Waals surface area contributed by atoms with E-state index in [-0.39, 0.29) is 6.61 Å². The fourth-order valence-electron chi connectivity index (χ4n) is 0.557. The maximum atomic E-state index is 9.99. The van der Waals surface area contributed by atoms with E-state index in [4.69, 9.17) is 10.2 Å². The van der Waals surface area contributed by atoms with Gasteiger partial charge in [-0.3, -0.25) is 0 Å². The van der Waals surface area contributed by atoms with Crippen molar-refractivity contribution in [1.29, 1.82) is 0 Å². The highest BCUT2D eigenvalue weighted by atomic mass is 16.7. The molecule has 0 atom stereocenters. The Morgan fingerprint density at radius 1 is 1.60 bits per heavy atom. The van der Waals surface area contributed by atoms with Crippen LogP contribution in [0.25, 0.3) is 0 Å². The molecular weight excluding hydrogens is 136 g/mol. The number of hydrogen-bond acceptors (Lipinski definition) is 3. The van der Waals surface area contributed by atoms with Crippen molar-refractivity contribution >= 4 is 6.16 Å². The fourth-order valence-corrected chi connectivity index (χ4v) is 0.557. The minimum absolute atomic E-state index is 0.0692. The second-order valence-electron chi connectivity index (χ2n) is 2.60. The minimum Gasteiger partial charge on any atom is -0.450 e. The Bertz CT molecular complexity index is 119. The first-order chi connectivity index (χ1) is 4.48. The van der Waals surface area contributed by atoms with E-state index < -0.39 is 11.8 Å². The molecule has 4 nitrogen and oxygen atoms in total. The van der Waals surface area contributed by atoms with Crippen LogP contribution in [0, 0.1) is 0 Å². The highest BCUT2D eigenvalue weighted by Gasteiger charge is 2.21. The molecule has 0 rings (SSSR count). The molecule has 0 heterocycles. The third-order valence-corrected chi connectivity index (χ3v) is 1.08. The molecule has 0 spiro atoms. The van der Waals surface area contributed by atoms with Crippen molar-refractivity contribution in [2.24, 2.45) is 0 Å². The Morgan fingerprint density at radius 2 is 2.10 bits per heavy atom. The van der Waals surface area contributed by atoms with Gasteiger partial charge in [-0.25, -0.2) is 4.79 Å². The molecule has 0 saturated carbocycles. The van der Waals surface area contributed by atoms with Crippen LogP contribution < -0.4 is 0 Å². The summed E-state index contributed by atoms with van der Waals surface area (Å²) in [4.78, 5) is 9.99. The van der Waals surface area contributed by atoms with Crippen molar-refractivity contribution in [3.63, 3.8) is 0 Å². The van der Waals surface area contributed by atoms with Gasteiger partial charge in [0.2, 0.25) is 0 Å². The number of ether oxygens (including phenoxy) is 1. The molecule has 2 N–H and O–H groups in total. The van der Waals surface area contributed by atoms with Gasteiger partial charge in [0.1, 0.15) is 5.60 Å². The Kier molecular flexibility index (Phi) is 3.15. The highest BCUT2D eigenvalue weighted by Crippen LogP contribution is 2.13. The molecule has 10 heavy (non-hydrogen) atoms. The van der Waals surface area contributed by atoms with E-state index in [2.05, 4.69) is 4.74 Å². The van der Waals surface area contributed by atoms with Crippen LogP contribution in [0.1, 0.15) is 20.3 Å². The highest BCUT2D eigenvalue weighted by molar-refractivity contribution is 5.57. The molecule has 0 aromatic heterocycles. The topological polar surface area (TPSA) is 66.8 Å². The summed E-state index contributed by atoms with van der Waals surface area (Å²) in [7, 11) is 0. The monoisotopic (exact) mass is 148 g/mol. The summed E-state index contributed by atoms with van der Waals surface area (Å²) in [5, 5.41) is 16.6.